The number of carbonyl (C=O) groups excluding carboxylic acids is 2. The molecule has 1 aromatic heterocycles. The number of hydrogen-bond donors (Lipinski definition) is 1. The van der Waals surface area contributed by atoms with E-state index in [1.165, 1.54) is 21.9 Å². The summed E-state index contributed by atoms with van der Waals surface area (Å²) < 4.78 is 10.5. The molecule has 2 heterocycles. The molecular formula is C28H26N2O4. The predicted molar refractivity (Wildman–Crippen MR) is 129 cm³/mol. The van der Waals surface area contributed by atoms with Gasteiger partial charge in [-0.1, -0.05) is 54.6 Å². The molecule has 3 aromatic carbocycles. The molecule has 6 nitrogen and oxygen atoms in total. The number of fused-ring (bicyclic) bond motifs is 1. The van der Waals surface area contributed by atoms with Gasteiger partial charge in [0.25, 0.3) is 0 Å². The van der Waals surface area contributed by atoms with Crippen molar-refractivity contribution < 1.29 is 18.7 Å². The van der Waals surface area contributed by atoms with Crippen molar-refractivity contribution in [3.05, 3.63) is 89.3 Å². The largest absolute Gasteiger partial charge is 0.441 e. The van der Waals surface area contributed by atoms with Crippen LogP contribution >= 0.6 is 0 Å². The summed E-state index contributed by atoms with van der Waals surface area (Å²) in [5.74, 6) is 1.04. The summed E-state index contributed by atoms with van der Waals surface area (Å²) in [5, 5.41) is 4.90. The molecule has 0 aliphatic carbocycles. The molecule has 1 N–H and O–H groups in total. The second-order valence-corrected chi connectivity index (χ2v) is 8.70. The number of nitrogens with one attached hydrogen (secondary N) is 1. The highest BCUT2D eigenvalue weighted by Crippen LogP contribution is 2.26. The van der Waals surface area contributed by atoms with Crippen LogP contribution < -0.4 is 5.32 Å². The first-order chi connectivity index (χ1) is 16.5. The lowest BCUT2D eigenvalue weighted by atomic mass is 10.0. The number of alkyl carbamates (subject to hydrolysis) is 1. The summed E-state index contributed by atoms with van der Waals surface area (Å²) in [6.07, 6.45) is 3.27. The fourth-order valence-electron chi connectivity index (χ4n) is 4.33. The molecule has 0 radical (unpaired) electrons. The fraction of sp³-hybridized carbons (Fsp3) is 0.250. The molecule has 0 saturated carbocycles. The van der Waals surface area contributed by atoms with Crippen molar-refractivity contribution in [2.75, 3.05) is 0 Å². The fourth-order valence-corrected chi connectivity index (χ4v) is 4.33. The van der Waals surface area contributed by atoms with Gasteiger partial charge in [-0.15, -0.1) is 0 Å². The molecular weight excluding hydrogens is 428 g/mol. The third-order valence-electron chi connectivity index (χ3n) is 6.29. The topological polar surface area (TPSA) is 81.4 Å². The minimum Gasteiger partial charge on any atom is -0.441 e. The first-order valence-corrected chi connectivity index (χ1v) is 11.6. The summed E-state index contributed by atoms with van der Waals surface area (Å²) in [7, 11) is 0. The number of aromatic nitrogens is 1. The maximum atomic E-state index is 11.5. The van der Waals surface area contributed by atoms with E-state index in [1.54, 1.807) is 0 Å². The van der Waals surface area contributed by atoms with Crippen molar-refractivity contribution in [1.82, 2.24) is 10.3 Å². The smallest absolute Gasteiger partial charge is 0.415 e. The van der Waals surface area contributed by atoms with Crippen molar-refractivity contribution in [2.24, 2.45) is 0 Å². The standard InChI is InChI=1S/C28H26N2O4/c1-18-24(29-26(33-18)23-15-14-21-6-2-3-7-22(21)17-23)16-13-20-11-9-19(10-12-20)5-4-8-25-27(31)34-28(32)30-25/h2-3,6-7,9-12,14-15,17,25H,4-5,8,13,16H2,1H3,(H,30,32). The predicted octanol–water partition coefficient (Wildman–Crippen LogP) is 5.55. The Morgan fingerprint density at radius 2 is 1.62 bits per heavy atom. The number of hydrogen-bond acceptors (Lipinski definition) is 5. The van der Waals surface area contributed by atoms with E-state index in [0.717, 1.165) is 42.7 Å². The average molecular weight is 455 g/mol. The number of rotatable bonds is 8. The molecule has 1 unspecified atom stereocenters. The van der Waals surface area contributed by atoms with Crippen molar-refractivity contribution in [1.29, 1.82) is 0 Å². The van der Waals surface area contributed by atoms with Crippen LogP contribution in [0.25, 0.3) is 22.2 Å². The first-order valence-electron chi connectivity index (χ1n) is 11.6. The van der Waals surface area contributed by atoms with Gasteiger partial charge < -0.3 is 14.5 Å². The summed E-state index contributed by atoms with van der Waals surface area (Å²) in [6, 6.07) is 22.5. The Hall–Kier alpha value is -3.93. The zero-order valence-corrected chi connectivity index (χ0v) is 19.0. The van der Waals surface area contributed by atoms with Crippen molar-refractivity contribution in [3.8, 4) is 11.5 Å². The second kappa shape index (κ2) is 9.51. The molecule has 1 amide bonds. The van der Waals surface area contributed by atoms with Crippen LogP contribution in [0.15, 0.2) is 71.1 Å². The van der Waals surface area contributed by atoms with E-state index >= 15 is 0 Å². The number of amides is 1. The number of nitrogens with zero attached hydrogens (tertiary/aromatic N) is 1. The molecule has 5 rings (SSSR count). The molecule has 1 aliphatic rings. The molecule has 1 atom stereocenters. The maximum Gasteiger partial charge on any atom is 0.415 e. The zero-order chi connectivity index (χ0) is 23.5. The molecule has 0 spiro atoms. The molecule has 6 heteroatoms. The Morgan fingerprint density at radius 1 is 0.882 bits per heavy atom. The number of ether oxygens (including phenoxy) is 1. The second-order valence-electron chi connectivity index (χ2n) is 8.70. The van der Waals surface area contributed by atoms with Gasteiger partial charge in [-0.25, -0.2) is 14.6 Å². The van der Waals surface area contributed by atoms with E-state index < -0.39 is 18.1 Å². The molecule has 1 saturated heterocycles. The molecule has 172 valence electrons. The summed E-state index contributed by atoms with van der Waals surface area (Å²) >= 11 is 0. The summed E-state index contributed by atoms with van der Waals surface area (Å²) in [4.78, 5) is 27.4. The highest BCUT2D eigenvalue weighted by molar-refractivity contribution is 5.95. The Kier molecular flexibility index (Phi) is 6.12. The van der Waals surface area contributed by atoms with Gasteiger partial charge in [0.1, 0.15) is 11.8 Å². The Labute approximate surface area is 198 Å². The minimum atomic E-state index is -0.647. The van der Waals surface area contributed by atoms with Crippen LogP contribution in [0.5, 0.6) is 0 Å². The van der Waals surface area contributed by atoms with Gasteiger partial charge >= 0.3 is 12.1 Å². The molecule has 4 aromatic rings. The highest BCUT2D eigenvalue weighted by Gasteiger charge is 2.31. The van der Waals surface area contributed by atoms with Gasteiger partial charge in [-0.2, -0.15) is 0 Å². The van der Waals surface area contributed by atoms with Crippen LogP contribution in [0, 0.1) is 6.92 Å². The maximum absolute atomic E-state index is 11.5. The third kappa shape index (κ3) is 4.86. The van der Waals surface area contributed by atoms with Crippen LogP contribution in [0.3, 0.4) is 0 Å². The lowest BCUT2D eigenvalue weighted by Gasteiger charge is -2.06. The van der Waals surface area contributed by atoms with Crippen LogP contribution in [0.4, 0.5) is 4.79 Å². The number of benzene rings is 3. The van der Waals surface area contributed by atoms with Crippen molar-refractivity contribution in [3.63, 3.8) is 0 Å². The Morgan fingerprint density at radius 3 is 2.35 bits per heavy atom. The van der Waals surface area contributed by atoms with E-state index in [1.807, 2.05) is 19.1 Å². The van der Waals surface area contributed by atoms with Gasteiger partial charge in [0.05, 0.1) is 5.69 Å². The van der Waals surface area contributed by atoms with Crippen LogP contribution in [0.1, 0.15) is 35.4 Å². The number of oxazole rings is 1. The third-order valence-corrected chi connectivity index (χ3v) is 6.29. The SMILES string of the molecule is Cc1oc(-c2ccc3ccccc3c2)nc1CCc1ccc(CCCC2NC(=O)OC2=O)cc1. The van der Waals surface area contributed by atoms with Gasteiger partial charge in [0.15, 0.2) is 0 Å². The van der Waals surface area contributed by atoms with Gasteiger partial charge in [0.2, 0.25) is 5.89 Å². The van der Waals surface area contributed by atoms with E-state index in [2.05, 4.69) is 64.7 Å². The van der Waals surface area contributed by atoms with Crippen LogP contribution in [0.2, 0.25) is 0 Å². The van der Waals surface area contributed by atoms with Crippen LogP contribution in [-0.4, -0.2) is 23.1 Å². The summed E-state index contributed by atoms with van der Waals surface area (Å²) in [5.41, 5.74) is 4.42. The molecule has 1 aliphatic heterocycles. The quantitative estimate of drug-likeness (QED) is 0.279. The minimum absolute atomic E-state index is 0.479. The lowest BCUT2D eigenvalue weighted by molar-refractivity contribution is -0.135. The normalized spacial score (nSPS) is 15.5. The van der Waals surface area contributed by atoms with E-state index in [-0.39, 0.29) is 0 Å². The van der Waals surface area contributed by atoms with Crippen LogP contribution in [-0.2, 0) is 28.8 Å². The monoisotopic (exact) mass is 454 g/mol. The average Bonchev–Trinajstić information content (AvgIpc) is 3.38. The molecule has 0 bridgehead atoms. The van der Waals surface area contributed by atoms with E-state index in [9.17, 15) is 9.59 Å². The lowest BCUT2D eigenvalue weighted by Crippen LogP contribution is -2.28. The Bertz CT molecular complexity index is 1340. The Balaban J connectivity index is 1.16. The van der Waals surface area contributed by atoms with Gasteiger partial charge in [-0.3, -0.25) is 0 Å². The highest BCUT2D eigenvalue weighted by atomic mass is 16.6. The van der Waals surface area contributed by atoms with Gasteiger partial charge in [0, 0.05) is 5.56 Å². The molecule has 1 fully saturated rings. The van der Waals surface area contributed by atoms with Crippen molar-refractivity contribution in [2.45, 2.75) is 45.1 Å². The summed E-state index contributed by atoms with van der Waals surface area (Å²) in [6.45, 7) is 1.97. The zero-order valence-electron chi connectivity index (χ0n) is 19.0. The number of aryl methyl sites for hydroxylation is 4. The molecule has 34 heavy (non-hydrogen) atoms. The first kappa shape index (κ1) is 21.9. The number of cyclic esters (lactones) is 2. The van der Waals surface area contributed by atoms with E-state index in [0.29, 0.717) is 12.3 Å². The van der Waals surface area contributed by atoms with Crippen molar-refractivity contribution >= 4 is 22.8 Å². The number of esters is 1. The number of carbonyl (C=O) groups is 2. The van der Waals surface area contributed by atoms with E-state index in [4.69, 9.17) is 9.40 Å². The van der Waals surface area contributed by atoms with Gasteiger partial charge in [-0.05, 0) is 73.1 Å².